The standard InChI is InChI=1S/C13H21N3O3/c1-18-12-13(15-6-5-14-12)19-11-3-8-16(9-4-11)7-2-10-17/h5-6,11,17H,2-4,7-10H2,1H3. The number of aliphatic hydroxyl groups excluding tert-OH is 1. The summed E-state index contributed by atoms with van der Waals surface area (Å²) < 4.78 is 11.0. The lowest BCUT2D eigenvalue weighted by Gasteiger charge is -2.31. The number of hydrogen-bond acceptors (Lipinski definition) is 6. The molecule has 2 rings (SSSR count). The molecule has 1 aromatic rings. The van der Waals surface area contributed by atoms with Crippen LogP contribution < -0.4 is 9.47 Å². The van der Waals surface area contributed by atoms with Gasteiger partial charge in [0.15, 0.2) is 0 Å². The summed E-state index contributed by atoms with van der Waals surface area (Å²) in [4.78, 5) is 10.6. The zero-order chi connectivity index (χ0) is 13.5. The molecular formula is C13H21N3O3. The van der Waals surface area contributed by atoms with Crippen molar-refractivity contribution in [1.82, 2.24) is 14.9 Å². The van der Waals surface area contributed by atoms with Crippen LogP contribution in [0.5, 0.6) is 11.8 Å². The third-order valence-corrected chi connectivity index (χ3v) is 3.27. The zero-order valence-electron chi connectivity index (χ0n) is 11.3. The number of nitrogens with zero attached hydrogens (tertiary/aromatic N) is 3. The summed E-state index contributed by atoms with van der Waals surface area (Å²) in [6, 6.07) is 0. The Morgan fingerprint density at radius 1 is 1.26 bits per heavy atom. The molecule has 0 amide bonds. The summed E-state index contributed by atoms with van der Waals surface area (Å²) in [5.74, 6) is 0.906. The van der Waals surface area contributed by atoms with E-state index in [4.69, 9.17) is 14.6 Å². The molecule has 1 saturated heterocycles. The van der Waals surface area contributed by atoms with Crippen LogP contribution in [0.4, 0.5) is 0 Å². The second kappa shape index (κ2) is 7.25. The van der Waals surface area contributed by atoms with Crippen molar-refractivity contribution in [1.29, 1.82) is 0 Å². The molecule has 1 aromatic heterocycles. The van der Waals surface area contributed by atoms with Gasteiger partial charge in [0, 0.05) is 38.6 Å². The van der Waals surface area contributed by atoms with Gasteiger partial charge in [-0.1, -0.05) is 0 Å². The number of piperidine rings is 1. The SMILES string of the molecule is COc1nccnc1OC1CCN(CCCO)CC1. The second-order valence-electron chi connectivity index (χ2n) is 4.61. The minimum Gasteiger partial charge on any atom is -0.477 e. The lowest BCUT2D eigenvalue weighted by molar-refractivity contribution is 0.0896. The molecule has 0 radical (unpaired) electrons. The molecule has 106 valence electrons. The van der Waals surface area contributed by atoms with Gasteiger partial charge in [-0.15, -0.1) is 0 Å². The largest absolute Gasteiger partial charge is 0.477 e. The maximum atomic E-state index is 8.82. The summed E-state index contributed by atoms with van der Waals surface area (Å²) in [5, 5.41) is 8.82. The van der Waals surface area contributed by atoms with Crippen molar-refractivity contribution in [3.63, 3.8) is 0 Å². The molecule has 0 saturated carbocycles. The first-order valence-corrected chi connectivity index (χ1v) is 6.68. The molecule has 0 aliphatic carbocycles. The topological polar surface area (TPSA) is 67.7 Å². The number of likely N-dealkylation sites (tertiary alicyclic amines) is 1. The van der Waals surface area contributed by atoms with Crippen LogP contribution in [0.15, 0.2) is 12.4 Å². The first kappa shape index (κ1) is 14.0. The maximum absolute atomic E-state index is 8.82. The first-order chi connectivity index (χ1) is 9.33. The Morgan fingerprint density at radius 3 is 2.58 bits per heavy atom. The molecule has 0 spiro atoms. The second-order valence-corrected chi connectivity index (χ2v) is 4.61. The summed E-state index contributed by atoms with van der Waals surface area (Å²) in [6.45, 7) is 3.20. The summed E-state index contributed by atoms with van der Waals surface area (Å²) >= 11 is 0. The lowest BCUT2D eigenvalue weighted by atomic mass is 10.1. The molecule has 0 unspecified atom stereocenters. The predicted octanol–water partition coefficient (Wildman–Crippen LogP) is 0.711. The van der Waals surface area contributed by atoms with Crippen LogP contribution >= 0.6 is 0 Å². The molecule has 0 aromatic carbocycles. The van der Waals surface area contributed by atoms with E-state index in [1.165, 1.54) is 0 Å². The van der Waals surface area contributed by atoms with E-state index in [-0.39, 0.29) is 12.7 Å². The van der Waals surface area contributed by atoms with Crippen molar-refractivity contribution >= 4 is 0 Å². The van der Waals surface area contributed by atoms with E-state index >= 15 is 0 Å². The Bertz CT molecular complexity index is 381. The van der Waals surface area contributed by atoms with E-state index < -0.39 is 0 Å². The van der Waals surface area contributed by atoms with Crippen LogP contribution in [-0.2, 0) is 0 Å². The summed E-state index contributed by atoms with van der Waals surface area (Å²) in [5.41, 5.74) is 0. The fraction of sp³-hybridized carbons (Fsp3) is 0.692. The van der Waals surface area contributed by atoms with Crippen molar-refractivity contribution in [3.05, 3.63) is 12.4 Å². The van der Waals surface area contributed by atoms with Gasteiger partial charge in [0.2, 0.25) is 0 Å². The van der Waals surface area contributed by atoms with Crippen molar-refractivity contribution in [3.8, 4) is 11.8 Å². The maximum Gasteiger partial charge on any atom is 0.278 e. The number of hydrogen-bond donors (Lipinski definition) is 1. The van der Waals surface area contributed by atoms with Crippen molar-refractivity contribution in [2.24, 2.45) is 0 Å². The van der Waals surface area contributed by atoms with Crippen LogP contribution in [0.2, 0.25) is 0 Å². The van der Waals surface area contributed by atoms with Gasteiger partial charge in [-0.2, -0.15) is 0 Å². The van der Waals surface area contributed by atoms with E-state index in [9.17, 15) is 0 Å². The highest BCUT2D eigenvalue weighted by atomic mass is 16.5. The zero-order valence-corrected chi connectivity index (χ0v) is 11.3. The molecule has 1 aliphatic heterocycles. The van der Waals surface area contributed by atoms with Gasteiger partial charge in [0.05, 0.1) is 7.11 Å². The Kier molecular flexibility index (Phi) is 5.35. The van der Waals surface area contributed by atoms with Crippen molar-refractivity contribution in [2.75, 3.05) is 33.4 Å². The molecule has 6 heteroatoms. The van der Waals surface area contributed by atoms with Gasteiger partial charge in [0.25, 0.3) is 11.8 Å². The number of aliphatic hydroxyl groups is 1. The quantitative estimate of drug-likeness (QED) is 0.819. The van der Waals surface area contributed by atoms with Crippen LogP contribution in [-0.4, -0.2) is 59.4 Å². The van der Waals surface area contributed by atoms with Gasteiger partial charge >= 0.3 is 0 Å². The van der Waals surface area contributed by atoms with E-state index in [1.54, 1.807) is 19.5 Å². The average molecular weight is 267 g/mol. The van der Waals surface area contributed by atoms with Gasteiger partial charge in [-0.3, -0.25) is 0 Å². The number of ether oxygens (including phenoxy) is 2. The highest BCUT2D eigenvalue weighted by Crippen LogP contribution is 2.24. The van der Waals surface area contributed by atoms with Crippen LogP contribution in [0.1, 0.15) is 19.3 Å². The van der Waals surface area contributed by atoms with E-state index in [0.29, 0.717) is 11.8 Å². The normalized spacial score (nSPS) is 17.4. The predicted molar refractivity (Wildman–Crippen MR) is 70.4 cm³/mol. The molecule has 1 aliphatic rings. The fourth-order valence-electron chi connectivity index (χ4n) is 2.24. The number of rotatable bonds is 6. The van der Waals surface area contributed by atoms with Crippen LogP contribution in [0.3, 0.4) is 0 Å². The Hall–Kier alpha value is -1.40. The van der Waals surface area contributed by atoms with E-state index in [1.807, 2.05) is 0 Å². The van der Waals surface area contributed by atoms with Crippen LogP contribution in [0.25, 0.3) is 0 Å². The highest BCUT2D eigenvalue weighted by Gasteiger charge is 2.22. The molecule has 1 N–H and O–H groups in total. The minimum absolute atomic E-state index is 0.163. The first-order valence-electron chi connectivity index (χ1n) is 6.68. The van der Waals surface area contributed by atoms with Gasteiger partial charge in [-0.25, -0.2) is 9.97 Å². The number of methoxy groups -OCH3 is 1. The Labute approximate surface area is 113 Å². The Balaban J connectivity index is 1.82. The fourth-order valence-corrected chi connectivity index (χ4v) is 2.24. The molecule has 0 atom stereocenters. The molecule has 1 fully saturated rings. The van der Waals surface area contributed by atoms with Gasteiger partial charge < -0.3 is 19.5 Å². The Morgan fingerprint density at radius 2 is 1.95 bits per heavy atom. The molecule has 6 nitrogen and oxygen atoms in total. The van der Waals surface area contributed by atoms with Crippen LogP contribution in [0, 0.1) is 0 Å². The lowest BCUT2D eigenvalue weighted by Crippen LogP contribution is -2.39. The minimum atomic E-state index is 0.163. The summed E-state index contributed by atoms with van der Waals surface area (Å²) in [7, 11) is 1.56. The van der Waals surface area contributed by atoms with Gasteiger partial charge in [-0.05, 0) is 19.3 Å². The number of aromatic nitrogens is 2. The van der Waals surface area contributed by atoms with E-state index in [0.717, 1.165) is 38.9 Å². The van der Waals surface area contributed by atoms with Crippen molar-refractivity contribution < 1.29 is 14.6 Å². The monoisotopic (exact) mass is 267 g/mol. The average Bonchev–Trinajstić information content (AvgIpc) is 2.47. The molecule has 0 bridgehead atoms. The van der Waals surface area contributed by atoms with Gasteiger partial charge in [0.1, 0.15) is 6.10 Å². The smallest absolute Gasteiger partial charge is 0.278 e. The highest BCUT2D eigenvalue weighted by molar-refractivity contribution is 5.24. The van der Waals surface area contributed by atoms with E-state index in [2.05, 4.69) is 14.9 Å². The molecular weight excluding hydrogens is 246 g/mol. The molecule has 2 heterocycles. The summed E-state index contributed by atoms with van der Waals surface area (Å²) in [6.07, 6.45) is 6.12. The molecule has 19 heavy (non-hydrogen) atoms. The third-order valence-electron chi connectivity index (χ3n) is 3.27. The van der Waals surface area contributed by atoms with Crippen molar-refractivity contribution in [2.45, 2.75) is 25.4 Å². The third kappa shape index (κ3) is 4.04.